The van der Waals surface area contributed by atoms with E-state index in [9.17, 15) is 14.4 Å². The molecule has 2 N–H and O–H groups in total. The summed E-state index contributed by atoms with van der Waals surface area (Å²) in [5.74, 6) is -1.34. The zero-order valence-electron chi connectivity index (χ0n) is 12.6. The molecule has 0 heterocycles. The van der Waals surface area contributed by atoms with Gasteiger partial charge in [-0.05, 0) is 20.8 Å². The maximum Gasteiger partial charge on any atom is 0.349 e. The second-order valence-electron chi connectivity index (χ2n) is 3.23. The standard InChI is InChI=1S/C5H7ClO2.C5H8O2.C4H7NO/c1-3-8-5(7)4(2)6;1-3-5(6)7-4-2;1-3(2)4(5)6/h2-3H2,1H3;3H,1,4H2,2H3;1H2,2H3,(H2,5,6). The van der Waals surface area contributed by atoms with Gasteiger partial charge in [-0.25, -0.2) is 9.59 Å². The second-order valence-corrected chi connectivity index (χ2v) is 3.68. The van der Waals surface area contributed by atoms with Crippen LogP contribution in [0.5, 0.6) is 0 Å². The largest absolute Gasteiger partial charge is 0.463 e. The summed E-state index contributed by atoms with van der Waals surface area (Å²) >= 11 is 5.14. The smallest absolute Gasteiger partial charge is 0.349 e. The average molecular weight is 320 g/mol. The minimum atomic E-state index is -0.547. The number of esters is 2. The number of nitrogens with two attached hydrogens (primary N) is 1. The molecule has 7 heteroatoms. The number of rotatable bonds is 5. The van der Waals surface area contributed by atoms with Crippen LogP contribution in [0.2, 0.25) is 0 Å². The van der Waals surface area contributed by atoms with Crippen LogP contribution in [-0.4, -0.2) is 31.1 Å². The van der Waals surface area contributed by atoms with E-state index in [1.807, 2.05) is 0 Å². The quantitative estimate of drug-likeness (QED) is 0.618. The van der Waals surface area contributed by atoms with Gasteiger partial charge in [-0.2, -0.15) is 0 Å². The molecule has 0 saturated carbocycles. The zero-order chi connectivity index (χ0) is 17.4. The monoisotopic (exact) mass is 319 g/mol. The molecule has 0 atom stereocenters. The molecule has 0 radical (unpaired) electrons. The minimum Gasteiger partial charge on any atom is -0.463 e. The highest BCUT2D eigenvalue weighted by atomic mass is 35.5. The number of primary amides is 1. The summed E-state index contributed by atoms with van der Waals surface area (Å²) in [4.78, 5) is 30.2. The van der Waals surface area contributed by atoms with E-state index in [1.165, 1.54) is 0 Å². The number of hydrogen-bond donors (Lipinski definition) is 1. The van der Waals surface area contributed by atoms with Gasteiger partial charge in [0, 0.05) is 11.6 Å². The Balaban J connectivity index is -0.000000234. The molecular weight excluding hydrogens is 298 g/mol. The van der Waals surface area contributed by atoms with Crippen molar-refractivity contribution in [1.82, 2.24) is 0 Å². The van der Waals surface area contributed by atoms with Crippen LogP contribution in [0.3, 0.4) is 0 Å². The van der Waals surface area contributed by atoms with Crippen LogP contribution in [0.1, 0.15) is 20.8 Å². The molecule has 6 nitrogen and oxygen atoms in total. The van der Waals surface area contributed by atoms with Gasteiger partial charge in [-0.15, -0.1) is 0 Å². The first-order valence-electron chi connectivity index (χ1n) is 5.89. The molecule has 21 heavy (non-hydrogen) atoms. The molecule has 0 spiro atoms. The fourth-order valence-electron chi connectivity index (χ4n) is 0.411. The lowest BCUT2D eigenvalue weighted by Gasteiger charge is -1.95. The molecule has 0 bridgehead atoms. The lowest BCUT2D eigenvalue weighted by atomic mass is 10.3. The van der Waals surface area contributed by atoms with Crippen molar-refractivity contribution < 1.29 is 23.9 Å². The fourth-order valence-corrected chi connectivity index (χ4v) is 0.465. The number of halogens is 1. The molecule has 0 unspecified atom stereocenters. The number of carbonyl (C=O) groups excluding carboxylic acids is 3. The average Bonchev–Trinajstić information content (AvgIpc) is 2.40. The van der Waals surface area contributed by atoms with E-state index < -0.39 is 11.9 Å². The number of hydrogen-bond acceptors (Lipinski definition) is 5. The van der Waals surface area contributed by atoms with Gasteiger partial charge in [0.15, 0.2) is 0 Å². The van der Waals surface area contributed by atoms with Gasteiger partial charge in [0.25, 0.3) is 0 Å². The Morgan fingerprint density at radius 2 is 1.52 bits per heavy atom. The Hall–Kier alpha value is -2.08. The van der Waals surface area contributed by atoms with Gasteiger partial charge in [0.2, 0.25) is 5.91 Å². The van der Waals surface area contributed by atoms with E-state index in [0.717, 1.165) is 6.08 Å². The van der Waals surface area contributed by atoms with Crippen LogP contribution >= 0.6 is 11.6 Å². The Kier molecular flexibility index (Phi) is 18.2. The van der Waals surface area contributed by atoms with Crippen LogP contribution in [-0.2, 0) is 23.9 Å². The van der Waals surface area contributed by atoms with Gasteiger partial charge in [0.05, 0.1) is 13.2 Å². The van der Waals surface area contributed by atoms with Gasteiger partial charge in [-0.3, -0.25) is 4.79 Å². The summed E-state index contributed by atoms with van der Waals surface area (Å²) in [6.45, 7) is 15.4. The maximum absolute atomic E-state index is 10.3. The molecule has 120 valence electrons. The summed E-state index contributed by atoms with van der Waals surface area (Å²) in [7, 11) is 0. The van der Waals surface area contributed by atoms with Crippen LogP contribution in [0, 0.1) is 0 Å². The summed E-state index contributed by atoms with van der Waals surface area (Å²) in [5, 5.41) is -0.0770. The molecule has 0 aromatic heterocycles. The van der Waals surface area contributed by atoms with Gasteiger partial charge >= 0.3 is 11.9 Å². The first-order chi connectivity index (χ1) is 9.63. The van der Waals surface area contributed by atoms with Gasteiger partial charge in [-0.1, -0.05) is 31.3 Å². The predicted molar refractivity (Wildman–Crippen MR) is 82.5 cm³/mol. The Morgan fingerprint density at radius 3 is 1.62 bits per heavy atom. The third kappa shape index (κ3) is 23.4. The van der Waals surface area contributed by atoms with E-state index in [-0.39, 0.29) is 11.0 Å². The van der Waals surface area contributed by atoms with Crippen molar-refractivity contribution >= 4 is 29.4 Å². The van der Waals surface area contributed by atoms with E-state index in [1.54, 1.807) is 20.8 Å². The summed E-state index contributed by atoms with van der Waals surface area (Å²) in [6, 6.07) is 0. The summed E-state index contributed by atoms with van der Waals surface area (Å²) in [6.07, 6.45) is 1.14. The molecule has 0 rings (SSSR count). The van der Waals surface area contributed by atoms with Crippen molar-refractivity contribution in [2.75, 3.05) is 13.2 Å². The Labute approximate surface area is 130 Å². The number of amides is 1. The first-order valence-corrected chi connectivity index (χ1v) is 6.27. The minimum absolute atomic E-state index is 0.0770. The van der Waals surface area contributed by atoms with Crippen molar-refractivity contribution in [3.8, 4) is 0 Å². The third-order valence-electron chi connectivity index (χ3n) is 1.37. The van der Waals surface area contributed by atoms with Crippen molar-refractivity contribution in [2.24, 2.45) is 5.73 Å². The van der Waals surface area contributed by atoms with Crippen LogP contribution in [0.25, 0.3) is 0 Å². The second kappa shape index (κ2) is 16.0. The molecule has 0 aromatic carbocycles. The van der Waals surface area contributed by atoms with Crippen molar-refractivity contribution in [3.05, 3.63) is 36.4 Å². The highest BCUT2D eigenvalue weighted by Gasteiger charge is 2.01. The molecular formula is C14H22ClNO5. The summed E-state index contributed by atoms with van der Waals surface area (Å²) in [5.41, 5.74) is 5.09. The predicted octanol–water partition coefficient (Wildman–Crippen LogP) is 2.09. The van der Waals surface area contributed by atoms with Gasteiger partial charge < -0.3 is 15.2 Å². The lowest BCUT2D eigenvalue weighted by Crippen LogP contribution is -2.10. The topological polar surface area (TPSA) is 95.7 Å². The molecule has 0 aliphatic carbocycles. The van der Waals surface area contributed by atoms with E-state index in [4.69, 9.17) is 17.3 Å². The summed E-state index contributed by atoms with van der Waals surface area (Å²) < 4.78 is 8.87. The molecule has 0 fully saturated rings. The molecule has 0 aromatic rings. The SMILES string of the molecule is C=C(C)C(N)=O.C=C(Cl)C(=O)OCC.C=CC(=O)OCC. The van der Waals surface area contributed by atoms with Crippen molar-refractivity contribution in [3.63, 3.8) is 0 Å². The molecule has 1 amide bonds. The highest BCUT2D eigenvalue weighted by Crippen LogP contribution is 1.98. The molecule has 0 saturated heterocycles. The lowest BCUT2D eigenvalue weighted by molar-refractivity contribution is -0.138. The maximum atomic E-state index is 10.3. The van der Waals surface area contributed by atoms with Crippen molar-refractivity contribution in [1.29, 1.82) is 0 Å². The normalized spacial score (nSPS) is 7.81. The van der Waals surface area contributed by atoms with Crippen LogP contribution in [0.15, 0.2) is 36.4 Å². The van der Waals surface area contributed by atoms with E-state index in [0.29, 0.717) is 18.8 Å². The van der Waals surface area contributed by atoms with E-state index in [2.05, 4.69) is 29.2 Å². The fraction of sp³-hybridized carbons (Fsp3) is 0.357. The van der Waals surface area contributed by atoms with Gasteiger partial charge in [0.1, 0.15) is 5.03 Å². The van der Waals surface area contributed by atoms with E-state index >= 15 is 0 Å². The Morgan fingerprint density at radius 1 is 1.14 bits per heavy atom. The first kappa shape index (κ1) is 24.0. The number of ether oxygens (including phenoxy) is 2. The van der Waals surface area contributed by atoms with Crippen LogP contribution < -0.4 is 5.73 Å². The number of carbonyl (C=O) groups is 3. The molecule has 0 aliphatic rings. The van der Waals surface area contributed by atoms with Crippen LogP contribution in [0.4, 0.5) is 0 Å². The zero-order valence-corrected chi connectivity index (χ0v) is 13.4. The third-order valence-corrected chi connectivity index (χ3v) is 1.53. The molecule has 0 aliphatic heterocycles. The van der Waals surface area contributed by atoms with Crippen molar-refractivity contribution in [2.45, 2.75) is 20.8 Å². The Bertz CT molecular complexity index is 379. The highest BCUT2D eigenvalue weighted by molar-refractivity contribution is 6.40.